The minimum absolute atomic E-state index is 0.00165. The van der Waals surface area contributed by atoms with Crippen LogP contribution in [-0.4, -0.2) is 10.5 Å². The third-order valence-electron chi connectivity index (χ3n) is 3.05. The van der Waals surface area contributed by atoms with Gasteiger partial charge in [-0.3, -0.25) is 10.1 Å². The summed E-state index contributed by atoms with van der Waals surface area (Å²) in [6.45, 7) is 6.92. The molecule has 0 spiro atoms. The van der Waals surface area contributed by atoms with E-state index >= 15 is 0 Å². The molecule has 4 heteroatoms. The molecule has 0 saturated carbocycles. The fourth-order valence-electron chi connectivity index (χ4n) is 2.35. The second-order valence-electron chi connectivity index (χ2n) is 4.72. The third kappa shape index (κ3) is 1.96. The maximum Gasteiger partial charge on any atom is 0.258 e. The average Bonchev–Trinajstić information content (AvgIpc) is 2.57. The first-order chi connectivity index (χ1) is 7.59. The summed E-state index contributed by atoms with van der Waals surface area (Å²) in [7, 11) is 0. The smallest absolute Gasteiger partial charge is 0.258 e. The molecule has 2 heterocycles. The molecule has 0 saturated heterocycles. The second kappa shape index (κ2) is 4.28. The number of nitrogens with one attached hydrogen (secondary N) is 1. The zero-order valence-corrected chi connectivity index (χ0v) is 10.3. The van der Waals surface area contributed by atoms with E-state index in [4.69, 9.17) is 0 Å². The number of hydrogen-bond donors (Lipinski definition) is 1. The fraction of sp³-hybridized carbons (Fsp3) is 0.667. The number of imidazole rings is 1. The van der Waals surface area contributed by atoms with Gasteiger partial charge < -0.3 is 0 Å². The zero-order chi connectivity index (χ0) is 11.7. The average molecular weight is 222 g/mol. The summed E-state index contributed by atoms with van der Waals surface area (Å²) in [5.74, 6) is 2.28. The van der Waals surface area contributed by atoms with Crippen LogP contribution in [0.3, 0.4) is 0 Å². The molecule has 0 unspecified atom stereocenters. The number of aromatic nitrogens is 2. The lowest BCUT2D eigenvalue weighted by molar-refractivity contribution is -0.722. The first kappa shape index (κ1) is 11.2. The Morgan fingerprint density at radius 2 is 2.25 bits per heavy atom. The van der Waals surface area contributed by atoms with Crippen molar-refractivity contribution in [2.24, 2.45) is 0 Å². The predicted octanol–water partition coefficient (Wildman–Crippen LogP) is 1.65. The van der Waals surface area contributed by atoms with Crippen LogP contribution in [0.2, 0.25) is 0 Å². The van der Waals surface area contributed by atoms with Crippen LogP contribution in [0.25, 0.3) is 0 Å². The van der Waals surface area contributed by atoms with Gasteiger partial charge in [-0.1, -0.05) is 0 Å². The highest BCUT2D eigenvalue weighted by atomic mass is 16.1. The molecule has 4 nitrogen and oxygen atoms in total. The van der Waals surface area contributed by atoms with Crippen molar-refractivity contribution in [3.63, 3.8) is 0 Å². The van der Waals surface area contributed by atoms with Crippen LogP contribution in [0, 0.1) is 0 Å². The molecule has 88 valence electrons. The molecule has 1 aliphatic rings. The molecule has 0 bridgehead atoms. The van der Waals surface area contributed by atoms with Crippen molar-refractivity contribution < 1.29 is 9.36 Å². The number of carbonyl (C=O) groups is 1. The minimum Gasteiger partial charge on any atom is -0.290 e. The molecular formula is C12H20N3O+. The number of amides is 1. The Labute approximate surface area is 96.3 Å². The van der Waals surface area contributed by atoms with Crippen molar-refractivity contribution in [3.05, 3.63) is 12.0 Å². The molecule has 1 aromatic heterocycles. The van der Waals surface area contributed by atoms with Crippen molar-refractivity contribution in [3.8, 4) is 0 Å². The van der Waals surface area contributed by atoms with Gasteiger partial charge in [0.25, 0.3) is 5.82 Å². The van der Waals surface area contributed by atoms with Gasteiger partial charge in [0, 0.05) is 13.3 Å². The van der Waals surface area contributed by atoms with Gasteiger partial charge in [-0.25, -0.2) is 9.13 Å². The number of anilines is 1. The van der Waals surface area contributed by atoms with Gasteiger partial charge in [0.05, 0.1) is 12.6 Å². The summed E-state index contributed by atoms with van der Waals surface area (Å²) < 4.78 is 4.51. The first-order valence-electron chi connectivity index (χ1n) is 6.00. The Balaban J connectivity index is 2.41. The van der Waals surface area contributed by atoms with Gasteiger partial charge in [0.1, 0.15) is 0 Å². The molecular weight excluding hydrogens is 202 g/mol. The third-order valence-corrected chi connectivity index (χ3v) is 3.05. The molecule has 0 aliphatic carbocycles. The van der Waals surface area contributed by atoms with Crippen LogP contribution in [0.4, 0.5) is 5.82 Å². The predicted molar refractivity (Wildman–Crippen MR) is 62.3 cm³/mol. The molecule has 0 atom stereocenters. The first-order valence-corrected chi connectivity index (χ1v) is 6.00. The van der Waals surface area contributed by atoms with E-state index in [0.29, 0.717) is 6.04 Å². The summed E-state index contributed by atoms with van der Waals surface area (Å²) in [6.07, 6.45) is 5.62. The fourth-order valence-corrected chi connectivity index (χ4v) is 2.35. The van der Waals surface area contributed by atoms with E-state index in [1.165, 1.54) is 18.7 Å². The lowest BCUT2D eigenvalue weighted by Gasteiger charge is -2.12. The van der Waals surface area contributed by atoms with Gasteiger partial charge in [-0.15, -0.1) is 0 Å². The standard InChI is InChI=1S/C12H19N3O/c1-9(2)15-8-11(13-10(3)16)14-7-5-4-6-12(14)15/h8-9H,4-7H2,1-3H3/p+1. The Morgan fingerprint density at radius 1 is 1.50 bits per heavy atom. The van der Waals surface area contributed by atoms with Gasteiger partial charge in [-0.2, -0.15) is 0 Å². The van der Waals surface area contributed by atoms with Crippen LogP contribution >= 0.6 is 0 Å². The van der Waals surface area contributed by atoms with E-state index < -0.39 is 0 Å². The highest BCUT2D eigenvalue weighted by Crippen LogP contribution is 2.19. The number of nitrogens with zero attached hydrogens (tertiary/aromatic N) is 2. The van der Waals surface area contributed by atoms with E-state index in [1.54, 1.807) is 6.92 Å². The number of rotatable bonds is 2. The van der Waals surface area contributed by atoms with Crippen molar-refractivity contribution in [1.82, 2.24) is 4.57 Å². The topological polar surface area (TPSA) is 37.9 Å². The molecule has 2 rings (SSSR count). The van der Waals surface area contributed by atoms with E-state index in [2.05, 4.69) is 34.5 Å². The van der Waals surface area contributed by atoms with E-state index in [9.17, 15) is 4.79 Å². The van der Waals surface area contributed by atoms with Crippen molar-refractivity contribution >= 4 is 11.7 Å². The van der Waals surface area contributed by atoms with Crippen LogP contribution in [0.5, 0.6) is 0 Å². The van der Waals surface area contributed by atoms with Gasteiger partial charge in [-0.05, 0) is 26.7 Å². The molecule has 0 radical (unpaired) electrons. The number of fused-ring (bicyclic) bond motifs is 1. The van der Waals surface area contributed by atoms with Crippen molar-refractivity contribution in [2.45, 2.75) is 52.6 Å². The SMILES string of the molecule is CC(=O)Nc1c[n+](C(C)C)c2n1CCCC2. The maximum absolute atomic E-state index is 11.1. The highest BCUT2D eigenvalue weighted by Gasteiger charge is 2.27. The normalized spacial score (nSPS) is 15.0. The van der Waals surface area contributed by atoms with E-state index in [1.807, 2.05) is 0 Å². The Morgan fingerprint density at radius 3 is 2.88 bits per heavy atom. The van der Waals surface area contributed by atoms with Gasteiger partial charge in [0.15, 0.2) is 6.20 Å². The van der Waals surface area contributed by atoms with E-state index in [-0.39, 0.29) is 5.91 Å². The largest absolute Gasteiger partial charge is 0.290 e. The summed E-state index contributed by atoms with van der Waals surface area (Å²) in [4.78, 5) is 11.1. The maximum atomic E-state index is 11.1. The van der Waals surface area contributed by atoms with E-state index in [0.717, 1.165) is 18.8 Å². The lowest BCUT2D eigenvalue weighted by atomic mass is 10.1. The molecule has 1 aromatic rings. The lowest BCUT2D eigenvalue weighted by Crippen LogP contribution is -2.40. The number of hydrogen-bond acceptors (Lipinski definition) is 1. The van der Waals surface area contributed by atoms with Gasteiger partial charge in [0.2, 0.25) is 11.7 Å². The van der Waals surface area contributed by atoms with Crippen LogP contribution in [0.15, 0.2) is 6.20 Å². The zero-order valence-electron chi connectivity index (χ0n) is 10.3. The quantitative estimate of drug-likeness (QED) is 0.759. The Kier molecular flexibility index (Phi) is 2.99. The molecule has 1 N–H and O–H groups in total. The van der Waals surface area contributed by atoms with Crippen LogP contribution in [0.1, 0.15) is 45.5 Å². The second-order valence-corrected chi connectivity index (χ2v) is 4.72. The molecule has 16 heavy (non-hydrogen) atoms. The van der Waals surface area contributed by atoms with Gasteiger partial charge >= 0.3 is 0 Å². The summed E-state index contributed by atoms with van der Waals surface area (Å²) in [6, 6.07) is 0.446. The molecule has 0 fully saturated rings. The summed E-state index contributed by atoms with van der Waals surface area (Å²) >= 11 is 0. The van der Waals surface area contributed by atoms with Crippen molar-refractivity contribution in [1.29, 1.82) is 0 Å². The highest BCUT2D eigenvalue weighted by molar-refractivity contribution is 5.87. The Hall–Kier alpha value is -1.32. The van der Waals surface area contributed by atoms with Crippen molar-refractivity contribution in [2.75, 3.05) is 5.32 Å². The number of carbonyl (C=O) groups excluding carboxylic acids is 1. The summed E-state index contributed by atoms with van der Waals surface area (Å²) in [5.41, 5.74) is 0. The summed E-state index contributed by atoms with van der Waals surface area (Å²) in [5, 5.41) is 2.91. The van der Waals surface area contributed by atoms with Crippen LogP contribution < -0.4 is 9.88 Å². The Bertz CT molecular complexity index is 407. The molecule has 1 amide bonds. The van der Waals surface area contributed by atoms with Crippen LogP contribution in [-0.2, 0) is 17.8 Å². The molecule has 1 aliphatic heterocycles. The minimum atomic E-state index is 0.00165. The molecule has 0 aromatic carbocycles. The monoisotopic (exact) mass is 222 g/mol.